The Morgan fingerprint density at radius 1 is 0.684 bits per heavy atom. The molecule has 0 radical (unpaired) electrons. The summed E-state index contributed by atoms with van der Waals surface area (Å²) in [5.41, 5.74) is 2.91. The zero-order chi connectivity index (χ0) is 15.9. The van der Waals surface area contributed by atoms with Gasteiger partial charge in [-0.05, 0) is 47.0 Å². The van der Waals surface area contributed by atoms with Crippen LogP contribution in [0.5, 0.6) is 0 Å². The third kappa shape index (κ3) is 31.7. The van der Waals surface area contributed by atoms with Crippen LogP contribution in [0.25, 0.3) is 0 Å². The summed E-state index contributed by atoms with van der Waals surface area (Å²) in [4.78, 5) is 8.08. The molecule has 0 N–H and O–H groups in total. The summed E-state index contributed by atoms with van der Waals surface area (Å²) in [6.07, 6.45) is 2.59. The molecule has 0 amide bonds. The number of hydrogen-bond acceptors (Lipinski definition) is 2. The Labute approximate surface area is 122 Å². The molecular formula is C17H38N2. The van der Waals surface area contributed by atoms with E-state index in [1.54, 1.807) is 0 Å². The predicted octanol–water partition coefficient (Wildman–Crippen LogP) is 5.81. The maximum absolute atomic E-state index is 4.04. The zero-order valence-corrected chi connectivity index (χ0v) is 15.2. The first-order valence-electron chi connectivity index (χ1n) is 7.62. The second-order valence-corrected chi connectivity index (χ2v) is 5.71. The fourth-order valence-electron chi connectivity index (χ4n) is 0.882. The van der Waals surface area contributed by atoms with Crippen molar-refractivity contribution in [2.75, 3.05) is 13.1 Å². The van der Waals surface area contributed by atoms with Crippen molar-refractivity contribution in [2.24, 2.45) is 15.4 Å². The first kappa shape index (κ1) is 23.4. The van der Waals surface area contributed by atoms with Crippen LogP contribution in [0.2, 0.25) is 0 Å². The Bertz CT molecular complexity index is 206. The predicted molar refractivity (Wildman–Crippen MR) is 93.0 cm³/mol. The molecule has 0 rings (SSSR count). The fraction of sp³-hybridized carbons (Fsp3) is 0.882. The summed E-state index contributed by atoms with van der Waals surface area (Å²) in [5, 5.41) is 0. The molecule has 0 aliphatic heterocycles. The average Bonchev–Trinajstić information content (AvgIpc) is 2.30. The van der Waals surface area contributed by atoms with Crippen LogP contribution in [0.4, 0.5) is 0 Å². The highest BCUT2D eigenvalue weighted by atomic mass is 14.7. The van der Waals surface area contributed by atoms with E-state index in [1.165, 1.54) is 12.8 Å². The summed E-state index contributed by atoms with van der Waals surface area (Å²) in [5.74, 6) is 0. The number of rotatable bonds is 4. The van der Waals surface area contributed by atoms with Gasteiger partial charge in [-0.3, -0.25) is 9.98 Å². The lowest BCUT2D eigenvalue weighted by molar-refractivity contribution is 0.338. The van der Waals surface area contributed by atoms with Gasteiger partial charge in [-0.25, -0.2) is 0 Å². The molecule has 0 aliphatic carbocycles. The molecule has 0 heterocycles. The molecule has 19 heavy (non-hydrogen) atoms. The molecule has 0 saturated carbocycles. The van der Waals surface area contributed by atoms with Crippen molar-refractivity contribution in [1.82, 2.24) is 0 Å². The molecule has 0 unspecified atom stereocenters. The van der Waals surface area contributed by atoms with Crippen LogP contribution in [0.3, 0.4) is 0 Å². The molecule has 0 bridgehead atoms. The normalized spacial score (nSPS) is 9.37. The lowest BCUT2D eigenvalue weighted by Crippen LogP contribution is -2.05. The third-order valence-corrected chi connectivity index (χ3v) is 2.86. The lowest BCUT2D eigenvalue weighted by Gasteiger charge is -2.18. The second kappa shape index (κ2) is 15.4. The van der Waals surface area contributed by atoms with Gasteiger partial charge in [0.1, 0.15) is 0 Å². The minimum Gasteiger partial charge on any atom is -0.295 e. The van der Waals surface area contributed by atoms with Gasteiger partial charge in [0.2, 0.25) is 0 Å². The average molecular weight is 271 g/mol. The van der Waals surface area contributed by atoms with Gasteiger partial charge in [-0.1, -0.05) is 40.5 Å². The molecule has 0 saturated heterocycles. The van der Waals surface area contributed by atoms with E-state index in [1.807, 2.05) is 41.5 Å². The van der Waals surface area contributed by atoms with Gasteiger partial charge in [0.25, 0.3) is 0 Å². The van der Waals surface area contributed by atoms with E-state index in [-0.39, 0.29) is 0 Å². The van der Waals surface area contributed by atoms with Crippen molar-refractivity contribution in [1.29, 1.82) is 0 Å². The minimum absolute atomic E-state index is 0.583. The molecule has 0 aromatic heterocycles. The first-order valence-corrected chi connectivity index (χ1v) is 7.62. The fourth-order valence-corrected chi connectivity index (χ4v) is 0.882. The van der Waals surface area contributed by atoms with Gasteiger partial charge in [-0.15, -0.1) is 0 Å². The summed E-state index contributed by atoms with van der Waals surface area (Å²) < 4.78 is 0. The Morgan fingerprint density at radius 2 is 0.947 bits per heavy atom. The second-order valence-electron chi connectivity index (χ2n) is 5.71. The molecule has 116 valence electrons. The van der Waals surface area contributed by atoms with Crippen molar-refractivity contribution in [3.8, 4) is 0 Å². The van der Waals surface area contributed by atoms with Crippen LogP contribution in [0, 0.1) is 5.41 Å². The number of nitrogens with zero attached hydrogens (tertiary/aromatic N) is 2. The lowest BCUT2D eigenvalue weighted by atomic mass is 9.88. The van der Waals surface area contributed by atoms with Crippen molar-refractivity contribution in [2.45, 2.75) is 82.1 Å². The van der Waals surface area contributed by atoms with Gasteiger partial charge in [0.15, 0.2) is 0 Å². The van der Waals surface area contributed by atoms with Gasteiger partial charge in [0.05, 0.1) is 0 Å². The van der Waals surface area contributed by atoms with E-state index in [9.17, 15) is 0 Å². The highest BCUT2D eigenvalue weighted by Crippen LogP contribution is 2.22. The topological polar surface area (TPSA) is 24.7 Å². The first-order chi connectivity index (χ1) is 8.66. The Balaban J connectivity index is -0.000000203. The quantitative estimate of drug-likeness (QED) is 0.576. The van der Waals surface area contributed by atoms with Crippen LogP contribution in [0.1, 0.15) is 82.1 Å². The zero-order valence-electron chi connectivity index (χ0n) is 15.2. The van der Waals surface area contributed by atoms with Crippen LogP contribution < -0.4 is 0 Å². The van der Waals surface area contributed by atoms with E-state index in [0.29, 0.717) is 5.41 Å². The van der Waals surface area contributed by atoms with Crippen molar-refractivity contribution in [3.63, 3.8) is 0 Å². The summed E-state index contributed by atoms with van der Waals surface area (Å²) in [6, 6.07) is 0. The van der Waals surface area contributed by atoms with E-state index >= 15 is 0 Å². The van der Waals surface area contributed by atoms with Gasteiger partial charge < -0.3 is 0 Å². The van der Waals surface area contributed by atoms with Crippen molar-refractivity contribution < 1.29 is 0 Å². The monoisotopic (exact) mass is 270 g/mol. The summed E-state index contributed by atoms with van der Waals surface area (Å²) in [6.45, 7) is 23.0. The molecule has 0 spiro atoms. The van der Waals surface area contributed by atoms with Gasteiger partial charge >= 0.3 is 0 Å². The smallest absolute Gasteiger partial charge is 0.0360 e. The van der Waals surface area contributed by atoms with E-state index < -0.39 is 0 Å². The molecule has 2 heteroatoms. The molecular weight excluding hydrogens is 232 g/mol. The Morgan fingerprint density at radius 3 is 0.947 bits per heavy atom. The Hall–Kier alpha value is -0.660. The standard InChI is InChI=1S/C7H16.2C5H11N/c1-5-7(3,4)6-2;2*1-4-6-5(2)3/h5-6H2,1-4H3;2*4H2,1-3H3. The van der Waals surface area contributed by atoms with Crippen LogP contribution in [-0.4, -0.2) is 24.5 Å². The van der Waals surface area contributed by atoms with Crippen molar-refractivity contribution in [3.05, 3.63) is 0 Å². The van der Waals surface area contributed by atoms with Gasteiger partial charge in [-0.2, -0.15) is 0 Å². The van der Waals surface area contributed by atoms with Crippen LogP contribution in [0.15, 0.2) is 9.98 Å². The summed E-state index contributed by atoms with van der Waals surface area (Å²) >= 11 is 0. The van der Waals surface area contributed by atoms with E-state index in [2.05, 4.69) is 37.7 Å². The third-order valence-electron chi connectivity index (χ3n) is 2.86. The van der Waals surface area contributed by atoms with Crippen molar-refractivity contribution >= 4 is 11.4 Å². The minimum atomic E-state index is 0.583. The van der Waals surface area contributed by atoms with Crippen LogP contribution >= 0.6 is 0 Å². The Kier molecular flexibility index (Phi) is 19.0. The molecule has 0 atom stereocenters. The maximum Gasteiger partial charge on any atom is 0.0360 e. The SMILES string of the molecule is CCC(C)(C)CC.CCN=C(C)C.CCN=C(C)C. The van der Waals surface area contributed by atoms with E-state index in [4.69, 9.17) is 0 Å². The molecule has 0 aromatic rings. The highest BCUT2D eigenvalue weighted by molar-refractivity contribution is 5.79. The number of aliphatic imine (C=N–C) groups is 2. The van der Waals surface area contributed by atoms with Crippen LogP contribution in [-0.2, 0) is 0 Å². The molecule has 0 aliphatic rings. The molecule has 0 fully saturated rings. The summed E-state index contributed by atoms with van der Waals surface area (Å²) in [7, 11) is 0. The van der Waals surface area contributed by atoms with Gasteiger partial charge in [0, 0.05) is 24.5 Å². The highest BCUT2D eigenvalue weighted by Gasteiger charge is 2.09. The largest absolute Gasteiger partial charge is 0.295 e. The number of hydrogen-bond donors (Lipinski definition) is 0. The van der Waals surface area contributed by atoms with E-state index in [0.717, 1.165) is 24.5 Å². The maximum atomic E-state index is 4.04. The molecule has 0 aromatic carbocycles. The molecule has 2 nitrogen and oxygen atoms in total.